The van der Waals surface area contributed by atoms with Crippen LogP contribution in [0.3, 0.4) is 0 Å². The van der Waals surface area contributed by atoms with Crippen molar-refractivity contribution < 1.29 is 0 Å². The zero-order chi connectivity index (χ0) is 15.6. The second kappa shape index (κ2) is 6.19. The van der Waals surface area contributed by atoms with Gasteiger partial charge in [0.2, 0.25) is 0 Å². The Balaban J connectivity index is 1.42. The monoisotopic (exact) mass is 305 g/mol. The van der Waals surface area contributed by atoms with Crippen LogP contribution in [0.15, 0.2) is 54.7 Å². The number of para-hydroxylation sites is 1. The third-order valence-corrected chi connectivity index (χ3v) is 4.86. The lowest BCUT2D eigenvalue weighted by molar-refractivity contribution is 0.238. The van der Waals surface area contributed by atoms with Gasteiger partial charge in [0.05, 0.1) is 0 Å². The molecule has 1 aliphatic heterocycles. The van der Waals surface area contributed by atoms with E-state index in [4.69, 9.17) is 5.73 Å². The van der Waals surface area contributed by atoms with Crippen LogP contribution in [0.1, 0.15) is 16.7 Å². The van der Waals surface area contributed by atoms with Crippen LogP contribution in [0, 0.1) is 0 Å². The molecule has 3 N–H and O–H groups in total. The maximum Gasteiger partial charge on any atom is 0.0456 e. The average molecular weight is 305 g/mol. The molecule has 0 saturated heterocycles. The summed E-state index contributed by atoms with van der Waals surface area (Å²) < 4.78 is 0. The van der Waals surface area contributed by atoms with Crippen molar-refractivity contribution in [2.24, 2.45) is 5.73 Å². The molecule has 1 aromatic heterocycles. The van der Waals surface area contributed by atoms with Gasteiger partial charge in [0.1, 0.15) is 0 Å². The highest BCUT2D eigenvalue weighted by Crippen LogP contribution is 2.21. The Morgan fingerprint density at radius 3 is 2.74 bits per heavy atom. The summed E-state index contributed by atoms with van der Waals surface area (Å²) in [5.74, 6) is 0. The molecule has 118 valence electrons. The van der Waals surface area contributed by atoms with Crippen LogP contribution in [0.2, 0.25) is 0 Å². The Bertz CT molecular complexity index is 805. The molecule has 0 bridgehead atoms. The first-order valence-corrected chi connectivity index (χ1v) is 8.39. The quantitative estimate of drug-likeness (QED) is 0.778. The second-order valence-corrected chi connectivity index (χ2v) is 6.58. The molecule has 2 aromatic carbocycles. The van der Waals surface area contributed by atoms with E-state index in [0.29, 0.717) is 0 Å². The van der Waals surface area contributed by atoms with Crippen molar-refractivity contribution in [1.29, 1.82) is 0 Å². The van der Waals surface area contributed by atoms with Gasteiger partial charge in [-0.3, -0.25) is 4.90 Å². The van der Waals surface area contributed by atoms with Crippen molar-refractivity contribution in [1.82, 2.24) is 9.88 Å². The Hall–Kier alpha value is -2.10. The molecule has 23 heavy (non-hydrogen) atoms. The molecule has 1 aliphatic rings. The molecule has 3 aromatic rings. The van der Waals surface area contributed by atoms with Crippen molar-refractivity contribution >= 4 is 10.9 Å². The van der Waals surface area contributed by atoms with Crippen LogP contribution in [0.25, 0.3) is 10.9 Å². The minimum absolute atomic E-state index is 0.166. The third kappa shape index (κ3) is 3.03. The zero-order valence-corrected chi connectivity index (χ0v) is 13.3. The van der Waals surface area contributed by atoms with Gasteiger partial charge in [-0.05, 0) is 35.6 Å². The highest BCUT2D eigenvalue weighted by atomic mass is 15.1. The van der Waals surface area contributed by atoms with Crippen molar-refractivity contribution in [2.75, 3.05) is 13.1 Å². The minimum Gasteiger partial charge on any atom is -0.361 e. The molecule has 4 rings (SSSR count). The van der Waals surface area contributed by atoms with Crippen LogP contribution >= 0.6 is 0 Å². The number of fused-ring (bicyclic) bond motifs is 2. The van der Waals surface area contributed by atoms with Gasteiger partial charge < -0.3 is 10.7 Å². The summed E-state index contributed by atoms with van der Waals surface area (Å²) in [6.07, 6.45) is 4.16. The summed E-state index contributed by atoms with van der Waals surface area (Å²) in [5, 5.41) is 1.30. The lowest BCUT2D eigenvalue weighted by atomic mass is 9.99. The fraction of sp³-hybridized carbons (Fsp3) is 0.300. The summed E-state index contributed by atoms with van der Waals surface area (Å²) >= 11 is 0. The lowest BCUT2D eigenvalue weighted by Gasteiger charge is -2.30. The Kier molecular flexibility index (Phi) is 3.90. The smallest absolute Gasteiger partial charge is 0.0456 e. The first-order valence-electron chi connectivity index (χ1n) is 8.39. The van der Waals surface area contributed by atoms with E-state index in [1.165, 1.54) is 27.6 Å². The molecule has 1 unspecified atom stereocenters. The first-order chi connectivity index (χ1) is 11.3. The molecule has 0 saturated carbocycles. The predicted octanol–water partition coefficient (Wildman–Crippen LogP) is 3.10. The molecule has 1 atom stereocenters. The number of nitrogens with zero attached hydrogens (tertiary/aromatic N) is 1. The molecule has 0 fully saturated rings. The zero-order valence-electron chi connectivity index (χ0n) is 13.3. The molecule has 0 amide bonds. The van der Waals surface area contributed by atoms with Gasteiger partial charge in [0.15, 0.2) is 0 Å². The first kappa shape index (κ1) is 14.5. The highest BCUT2D eigenvalue weighted by molar-refractivity contribution is 5.83. The van der Waals surface area contributed by atoms with Crippen LogP contribution in [-0.4, -0.2) is 29.0 Å². The molecule has 0 radical (unpaired) electrons. The molecule has 0 spiro atoms. The number of nitrogens with one attached hydrogen (secondary N) is 1. The Morgan fingerprint density at radius 1 is 1.04 bits per heavy atom. The van der Waals surface area contributed by atoms with E-state index >= 15 is 0 Å². The van der Waals surface area contributed by atoms with Gasteiger partial charge in [-0.15, -0.1) is 0 Å². The number of rotatable bonds is 4. The maximum absolute atomic E-state index is 6.45. The van der Waals surface area contributed by atoms with E-state index in [-0.39, 0.29) is 6.04 Å². The predicted molar refractivity (Wildman–Crippen MR) is 95.4 cm³/mol. The number of aromatic amines is 1. The second-order valence-electron chi connectivity index (χ2n) is 6.58. The number of benzene rings is 2. The number of H-pyrrole nitrogens is 1. The SMILES string of the molecule is NC(Cc1c[nH]c2ccccc12)CN1CCc2ccccc2C1. The third-order valence-electron chi connectivity index (χ3n) is 4.86. The van der Waals surface area contributed by atoms with Gasteiger partial charge in [0, 0.05) is 42.8 Å². The van der Waals surface area contributed by atoms with Crippen LogP contribution in [-0.2, 0) is 19.4 Å². The Morgan fingerprint density at radius 2 is 1.83 bits per heavy atom. The Labute approximate surface area is 137 Å². The lowest BCUT2D eigenvalue weighted by Crippen LogP contribution is -2.41. The molecule has 3 heteroatoms. The summed E-state index contributed by atoms with van der Waals surface area (Å²) in [7, 11) is 0. The summed E-state index contributed by atoms with van der Waals surface area (Å²) in [4.78, 5) is 5.83. The van der Waals surface area contributed by atoms with Crippen molar-refractivity contribution in [2.45, 2.75) is 25.4 Å². The fourth-order valence-corrected chi connectivity index (χ4v) is 3.69. The molecular formula is C20H23N3. The summed E-state index contributed by atoms with van der Waals surface area (Å²) in [5.41, 5.74) is 11.9. The molecule has 3 nitrogen and oxygen atoms in total. The number of hydrogen-bond acceptors (Lipinski definition) is 2. The van der Waals surface area contributed by atoms with Crippen molar-refractivity contribution in [3.8, 4) is 0 Å². The number of nitrogens with two attached hydrogens (primary N) is 1. The normalized spacial score (nSPS) is 16.4. The maximum atomic E-state index is 6.45. The molecule has 0 aliphatic carbocycles. The van der Waals surface area contributed by atoms with E-state index in [2.05, 4.69) is 64.6 Å². The van der Waals surface area contributed by atoms with E-state index in [0.717, 1.165) is 32.5 Å². The molecular weight excluding hydrogens is 282 g/mol. The van der Waals surface area contributed by atoms with E-state index in [1.807, 2.05) is 0 Å². The van der Waals surface area contributed by atoms with E-state index in [9.17, 15) is 0 Å². The standard InChI is InChI=1S/C20H23N3/c21-18(11-17-12-22-20-8-4-3-7-19(17)20)14-23-10-9-15-5-1-2-6-16(15)13-23/h1-8,12,18,22H,9-11,13-14,21H2. The van der Waals surface area contributed by atoms with Crippen molar-refractivity contribution in [3.05, 3.63) is 71.4 Å². The average Bonchev–Trinajstić information content (AvgIpc) is 2.98. The fourth-order valence-electron chi connectivity index (χ4n) is 3.69. The van der Waals surface area contributed by atoms with Crippen LogP contribution < -0.4 is 5.73 Å². The van der Waals surface area contributed by atoms with E-state index in [1.54, 1.807) is 0 Å². The van der Waals surface area contributed by atoms with Gasteiger partial charge in [-0.2, -0.15) is 0 Å². The van der Waals surface area contributed by atoms with Crippen molar-refractivity contribution in [3.63, 3.8) is 0 Å². The van der Waals surface area contributed by atoms with Crippen LogP contribution in [0.5, 0.6) is 0 Å². The van der Waals surface area contributed by atoms with Gasteiger partial charge >= 0.3 is 0 Å². The van der Waals surface area contributed by atoms with Crippen LogP contribution in [0.4, 0.5) is 0 Å². The van der Waals surface area contributed by atoms with Gasteiger partial charge in [-0.25, -0.2) is 0 Å². The summed E-state index contributed by atoms with van der Waals surface area (Å²) in [6.45, 7) is 3.09. The van der Waals surface area contributed by atoms with Gasteiger partial charge in [0.25, 0.3) is 0 Å². The van der Waals surface area contributed by atoms with Gasteiger partial charge in [-0.1, -0.05) is 42.5 Å². The number of hydrogen-bond donors (Lipinski definition) is 2. The van der Waals surface area contributed by atoms with E-state index < -0.39 is 0 Å². The topological polar surface area (TPSA) is 45.1 Å². The minimum atomic E-state index is 0.166. The number of aromatic nitrogens is 1. The highest BCUT2D eigenvalue weighted by Gasteiger charge is 2.18. The molecule has 2 heterocycles. The summed E-state index contributed by atoms with van der Waals surface area (Å²) in [6, 6.07) is 17.4. The largest absolute Gasteiger partial charge is 0.361 e.